The Hall–Kier alpha value is -1.31. The normalized spacial score (nSPS) is 12.7. The van der Waals surface area contributed by atoms with Crippen molar-refractivity contribution in [3.05, 3.63) is 18.2 Å². The van der Waals surface area contributed by atoms with Crippen LogP contribution < -0.4 is 10.5 Å². The highest BCUT2D eigenvalue weighted by Gasteiger charge is 2.30. The van der Waals surface area contributed by atoms with Crippen LogP contribution in [-0.2, 0) is 10.0 Å². The van der Waals surface area contributed by atoms with E-state index in [2.05, 4.69) is 0 Å². The van der Waals surface area contributed by atoms with Gasteiger partial charge in [0.2, 0.25) is 10.0 Å². The first-order valence-corrected chi connectivity index (χ1v) is 8.30. The number of hydrogen-bond acceptors (Lipinski definition) is 5. The molecule has 0 saturated heterocycles. The van der Waals surface area contributed by atoms with Gasteiger partial charge in [-0.3, -0.25) is 0 Å². The van der Waals surface area contributed by atoms with E-state index in [9.17, 15) is 13.5 Å². The predicted molar refractivity (Wildman–Crippen MR) is 82.8 cm³/mol. The van der Waals surface area contributed by atoms with Gasteiger partial charge in [-0.05, 0) is 39.0 Å². The minimum absolute atomic E-state index is 0.00774. The van der Waals surface area contributed by atoms with Crippen molar-refractivity contribution in [1.29, 1.82) is 0 Å². The highest BCUT2D eigenvalue weighted by atomic mass is 32.2. The highest BCUT2D eigenvalue weighted by Crippen LogP contribution is 2.29. The molecule has 0 atom stereocenters. The highest BCUT2D eigenvalue weighted by molar-refractivity contribution is 7.89. The van der Waals surface area contributed by atoms with Crippen LogP contribution in [-0.4, -0.2) is 43.1 Å². The molecule has 0 radical (unpaired) electrons. The van der Waals surface area contributed by atoms with Gasteiger partial charge in [-0.15, -0.1) is 0 Å². The van der Waals surface area contributed by atoms with Crippen LogP contribution in [0.25, 0.3) is 0 Å². The Morgan fingerprint density at radius 1 is 1.33 bits per heavy atom. The lowest BCUT2D eigenvalue weighted by atomic mass is 10.1. The third-order valence-corrected chi connectivity index (χ3v) is 4.74. The SMILES string of the molecule is CCOc1ccc(N)cc1S(=O)(=O)N(CC)CC(C)(C)O. The minimum atomic E-state index is -3.79. The molecule has 0 heterocycles. The second-order valence-electron chi connectivity index (χ2n) is 5.38. The van der Waals surface area contributed by atoms with Crippen molar-refractivity contribution in [1.82, 2.24) is 4.31 Å². The van der Waals surface area contributed by atoms with Crippen molar-refractivity contribution in [3.8, 4) is 5.75 Å². The second kappa shape index (κ2) is 6.64. The topological polar surface area (TPSA) is 92.9 Å². The summed E-state index contributed by atoms with van der Waals surface area (Å²) in [6, 6.07) is 4.52. The predicted octanol–water partition coefficient (Wildman–Crippen LogP) is 1.45. The van der Waals surface area contributed by atoms with Crippen LogP contribution in [0.2, 0.25) is 0 Å². The third kappa shape index (κ3) is 4.59. The van der Waals surface area contributed by atoms with Gasteiger partial charge in [0.05, 0.1) is 12.2 Å². The second-order valence-corrected chi connectivity index (χ2v) is 7.29. The van der Waals surface area contributed by atoms with Crippen LogP contribution in [0.3, 0.4) is 0 Å². The Labute approximate surface area is 126 Å². The fourth-order valence-electron chi connectivity index (χ4n) is 1.94. The lowest BCUT2D eigenvalue weighted by Crippen LogP contribution is -2.42. The maximum Gasteiger partial charge on any atom is 0.246 e. The first-order valence-electron chi connectivity index (χ1n) is 6.86. The number of ether oxygens (including phenoxy) is 1. The number of anilines is 1. The molecule has 1 rings (SSSR count). The van der Waals surface area contributed by atoms with E-state index in [4.69, 9.17) is 10.5 Å². The van der Waals surface area contributed by atoms with Gasteiger partial charge in [-0.25, -0.2) is 8.42 Å². The summed E-state index contributed by atoms with van der Waals surface area (Å²) in [7, 11) is -3.79. The number of sulfonamides is 1. The molecule has 0 saturated carbocycles. The molecular weight excluding hydrogens is 292 g/mol. The van der Waals surface area contributed by atoms with Gasteiger partial charge in [0.1, 0.15) is 10.6 Å². The van der Waals surface area contributed by atoms with E-state index in [1.165, 1.54) is 10.4 Å². The van der Waals surface area contributed by atoms with Crippen molar-refractivity contribution >= 4 is 15.7 Å². The zero-order valence-corrected chi connectivity index (χ0v) is 13.8. The first kappa shape index (κ1) is 17.7. The van der Waals surface area contributed by atoms with Gasteiger partial charge in [-0.1, -0.05) is 6.92 Å². The van der Waals surface area contributed by atoms with Crippen LogP contribution in [0.5, 0.6) is 5.75 Å². The number of nitrogens with two attached hydrogens (primary N) is 1. The van der Waals surface area contributed by atoms with Crippen LogP contribution >= 0.6 is 0 Å². The Morgan fingerprint density at radius 2 is 1.95 bits per heavy atom. The van der Waals surface area contributed by atoms with Gasteiger partial charge in [0.15, 0.2) is 0 Å². The van der Waals surface area contributed by atoms with E-state index in [0.29, 0.717) is 12.3 Å². The molecule has 6 nitrogen and oxygen atoms in total. The first-order chi connectivity index (χ1) is 9.61. The number of hydrogen-bond donors (Lipinski definition) is 2. The zero-order valence-electron chi connectivity index (χ0n) is 13.0. The molecule has 7 heteroatoms. The summed E-state index contributed by atoms with van der Waals surface area (Å²) in [6.07, 6.45) is 0. The van der Waals surface area contributed by atoms with Gasteiger partial charge < -0.3 is 15.6 Å². The Morgan fingerprint density at radius 3 is 2.43 bits per heavy atom. The number of nitrogens with zero attached hydrogens (tertiary/aromatic N) is 1. The molecule has 120 valence electrons. The number of likely N-dealkylation sites (N-methyl/N-ethyl adjacent to an activating group) is 1. The molecule has 0 spiro atoms. The van der Waals surface area contributed by atoms with Crippen LogP contribution in [0.4, 0.5) is 5.69 Å². The van der Waals surface area contributed by atoms with Crippen molar-refractivity contribution in [2.45, 2.75) is 38.2 Å². The zero-order chi connectivity index (χ0) is 16.3. The monoisotopic (exact) mass is 316 g/mol. The van der Waals surface area contributed by atoms with Crippen molar-refractivity contribution < 1.29 is 18.3 Å². The summed E-state index contributed by atoms with van der Waals surface area (Å²) in [5.41, 5.74) is 4.92. The molecule has 0 aliphatic heterocycles. The average molecular weight is 316 g/mol. The van der Waals surface area contributed by atoms with E-state index in [1.807, 2.05) is 0 Å². The fraction of sp³-hybridized carbons (Fsp3) is 0.571. The molecule has 0 bridgehead atoms. The Balaban J connectivity index is 3.31. The maximum absolute atomic E-state index is 12.8. The molecule has 0 fully saturated rings. The molecular formula is C14H24N2O4S. The summed E-state index contributed by atoms with van der Waals surface area (Å²) in [5.74, 6) is 0.265. The summed E-state index contributed by atoms with van der Waals surface area (Å²) < 4.78 is 32.1. The number of rotatable bonds is 7. The summed E-state index contributed by atoms with van der Waals surface area (Å²) >= 11 is 0. The van der Waals surface area contributed by atoms with Crippen molar-refractivity contribution in [3.63, 3.8) is 0 Å². The molecule has 0 aliphatic carbocycles. The average Bonchev–Trinajstić information content (AvgIpc) is 2.37. The smallest absolute Gasteiger partial charge is 0.246 e. The molecule has 1 aromatic carbocycles. The lowest BCUT2D eigenvalue weighted by molar-refractivity contribution is 0.0601. The third-order valence-electron chi connectivity index (χ3n) is 2.80. The van der Waals surface area contributed by atoms with E-state index >= 15 is 0 Å². The van der Waals surface area contributed by atoms with E-state index in [-0.39, 0.29) is 23.7 Å². The summed E-state index contributed by atoms with van der Waals surface area (Å²) in [5, 5.41) is 9.89. The molecule has 3 N–H and O–H groups in total. The quantitative estimate of drug-likeness (QED) is 0.743. The lowest BCUT2D eigenvalue weighted by Gasteiger charge is -2.28. The van der Waals surface area contributed by atoms with E-state index in [0.717, 1.165) is 0 Å². The van der Waals surface area contributed by atoms with Crippen molar-refractivity contribution in [2.75, 3.05) is 25.4 Å². The van der Waals surface area contributed by atoms with E-state index < -0.39 is 15.6 Å². The van der Waals surface area contributed by atoms with Crippen LogP contribution in [0.1, 0.15) is 27.7 Å². The molecule has 1 aromatic rings. The maximum atomic E-state index is 12.8. The standard InChI is InChI=1S/C14H24N2O4S/c1-5-16(10-14(3,4)17)21(18,19)13-9-11(15)7-8-12(13)20-6-2/h7-9,17H,5-6,10,15H2,1-4H3. The number of benzene rings is 1. The van der Waals surface area contributed by atoms with Gasteiger partial charge in [0.25, 0.3) is 0 Å². The van der Waals surface area contributed by atoms with Gasteiger partial charge >= 0.3 is 0 Å². The molecule has 0 aromatic heterocycles. The van der Waals surface area contributed by atoms with Crippen LogP contribution in [0, 0.1) is 0 Å². The van der Waals surface area contributed by atoms with Gasteiger partial charge in [0, 0.05) is 18.8 Å². The van der Waals surface area contributed by atoms with Crippen LogP contribution in [0.15, 0.2) is 23.1 Å². The minimum Gasteiger partial charge on any atom is -0.492 e. The number of aliphatic hydroxyl groups is 1. The summed E-state index contributed by atoms with van der Waals surface area (Å²) in [4.78, 5) is 0.0236. The fourth-order valence-corrected chi connectivity index (χ4v) is 3.71. The van der Waals surface area contributed by atoms with E-state index in [1.54, 1.807) is 39.8 Å². The Kier molecular flexibility index (Phi) is 5.61. The van der Waals surface area contributed by atoms with Crippen molar-refractivity contribution in [2.24, 2.45) is 0 Å². The summed E-state index contributed by atoms with van der Waals surface area (Å²) in [6.45, 7) is 7.21. The Bertz CT molecular complexity index is 579. The van der Waals surface area contributed by atoms with Gasteiger partial charge in [-0.2, -0.15) is 4.31 Å². The molecule has 0 amide bonds. The molecule has 21 heavy (non-hydrogen) atoms. The number of nitrogen functional groups attached to an aromatic ring is 1. The molecule has 0 aliphatic rings. The largest absolute Gasteiger partial charge is 0.492 e. The molecule has 0 unspecified atom stereocenters.